The van der Waals surface area contributed by atoms with Crippen molar-refractivity contribution in [2.24, 2.45) is 0 Å². The molecule has 0 radical (unpaired) electrons. The smallest absolute Gasteiger partial charge is 0.264 e. The van der Waals surface area contributed by atoms with Gasteiger partial charge in [0.05, 0.1) is 10.6 Å². The fourth-order valence-corrected chi connectivity index (χ4v) is 4.19. The molecule has 0 aliphatic rings. The zero-order valence-corrected chi connectivity index (χ0v) is 17.1. The first kappa shape index (κ1) is 21.7. The molecule has 0 atom stereocenters. The maximum absolute atomic E-state index is 13.3. The summed E-state index contributed by atoms with van der Waals surface area (Å²) < 4.78 is 53.6. The second-order valence-corrected chi connectivity index (χ2v) is 8.64. The molecule has 3 aromatic carbocycles. The predicted molar refractivity (Wildman–Crippen MR) is 111 cm³/mol. The Kier molecular flexibility index (Phi) is 6.69. The van der Waals surface area contributed by atoms with E-state index in [1.165, 1.54) is 12.1 Å². The zero-order valence-electron chi connectivity index (χ0n) is 15.6. The highest BCUT2D eigenvalue weighted by Crippen LogP contribution is 2.24. The van der Waals surface area contributed by atoms with Gasteiger partial charge in [0.2, 0.25) is 5.91 Å². The molecule has 1 N–H and O–H groups in total. The number of benzene rings is 3. The molecule has 0 bridgehead atoms. The SMILES string of the molecule is O=C(CN(c1ccc(F)cc1)S(=O)(=O)c1ccc(F)cc1)NCc1ccc(Cl)cc1. The average molecular weight is 451 g/mol. The zero-order chi connectivity index (χ0) is 21.7. The molecule has 0 saturated carbocycles. The second-order valence-electron chi connectivity index (χ2n) is 6.35. The minimum absolute atomic E-state index is 0.0994. The van der Waals surface area contributed by atoms with Crippen molar-refractivity contribution < 1.29 is 22.0 Å². The topological polar surface area (TPSA) is 66.5 Å². The summed E-state index contributed by atoms with van der Waals surface area (Å²) in [6.07, 6.45) is 0. The summed E-state index contributed by atoms with van der Waals surface area (Å²) in [5, 5.41) is 3.19. The lowest BCUT2D eigenvalue weighted by atomic mass is 10.2. The summed E-state index contributed by atoms with van der Waals surface area (Å²) in [5.41, 5.74) is 0.879. The van der Waals surface area contributed by atoms with Crippen molar-refractivity contribution in [2.75, 3.05) is 10.8 Å². The van der Waals surface area contributed by atoms with Crippen molar-refractivity contribution in [2.45, 2.75) is 11.4 Å². The van der Waals surface area contributed by atoms with Crippen LogP contribution in [0.15, 0.2) is 77.7 Å². The highest BCUT2D eigenvalue weighted by molar-refractivity contribution is 7.92. The number of rotatable bonds is 7. The van der Waals surface area contributed by atoms with Gasteiger partial charge in [0.1, 0.15) is 18.2 Å². The maximum Gasteiger partial charge on any atom is 0.264 e. The molecule has 0 spiro atoms. The molecule has 0 fully saturated rings. The largest absolute Gasteiger partial charge is 0.350 e. The summed E-state index contributed by atoms with van der Waals surface area (Å²) in [5.74, 6) is -1.71. The minimum atomic E-state index is -4.20. The van der Waals surface area contributed by atoms with Crippen molar-refractivity contribution in [3.05, 3.63) is 95.0 Å². The lowest BCUT2D eigenvalue weighted by Gasteiger charge is -2.24. The van der Waals surface area contributed by atoms with Crippen LogP contribution in [-0.2, 0) is 21.4 Å². The Labute approximate surface area is 178 Å². The van der Waals surface area contributed by atoms with E-state index in [0.717, 1.165) is 46.3 Å². The first-order valence-corrected chi connectivity index (χ1v) is 10.6. The first-order valence-electron chi connectivity index (χ1n) is 8.81. The number of hydrogen-bond acceptors (Lipinski definition) is 3. The van der Waals surface area contributed by atoms with Gasteiger partial charge in [0.15, 0.2) is 0 Å². The molecule has 156 valence electrons. The molecule has 0 aliphatic carbocycles. The highest BCUT2D eigenvalue weighted by atomic mass is 35.5. The van der Waals surface area contributed by atoms with E-state index in [-0.39, 0.29) is 17.1 Å². The molecule has 1 amide bonds. The summed E-state index contributed by atoms with van der Waals surface area (Å²) >= 11 is 5.83. The Balaban J connectivity index is 1.84. The van der Waals surface area contributed by atoms with Gasteiger partial charge in [0, 0.05) is 11.6 Å². The monoisotopic (exact) mass is 450 g/mol. The van der Waals surface area contributed by atoms with Gasteiger partial charge in [-0.1, -0.05) is 23.7 Å². The number of carbonyl (C=O) groups excluding carboxylic acids is 1. The van der Waals surface area contributed by atoms with Gasteiger partial charge in [-0.2, -0.15) is 0 Å². The molecule has 3 aromatic rings. The van der Waals surface area contributed by atoms with E-state index >= 15 is 0 Å². The van der Waals surface area contributed by atoms with E-state index in [1.807, 2.05) is 0 Å². The standard InChI is InChI=1S/C21H17ClF2N2O3S/c22-16-3-1-15(2-4-16)13-25-21(27)14-26(19-9-5-17(23)6-10-19)30(28,29)20-11-7-18(24)8-12-20/h1-12H,13-14H2,(H,25,27). The van der Waals surface area contributed by atoms with Crippen LogP contribution in [0.3, 0.4) is 0 Å². The fourth-order valence-electron chi connectivity index (χ4n) is 2.65. The summed E-state index contributed by atoms with van der Waals surface area (Å²) in [7, 11) is -4.20. The van der Waals surface area contributed by atoms with Crippen LogP contribution in [0.4, 0.5) is 14.5 Å². The molecule has 0 aliphatic heterocycles. The number of anilines is 1. The molecule has 0 aromatic heterocycles. The van der Waals surface area contributed by atoms with Crippen LogP contribution in [0.1, 0.15) is 5.56 Å². The molecular formula is C21H17ClF2N2O3S. The number of carbonyl (C=O) groups is 1. The van der Waals surface area contributed by atoms with Crippen LogP contribution in [0, 0.1) is 11.6 Å². The van der Waals surface area contributed by atoms with Crippen LogP contribution in [0.5, 0.6) is 0 Å². The number of nitrogens with zero attached hydrogens (tertiary/aromatic N) is 1. The van der Waals surface area contributed by atoms with E-state index in [4.69, 9.17) is 11.6 Å². The Morgan fingerprint density at radius 1 is 0.867 bits per heavy atom. The third-order valence-corrected chi connectivity index (χ3v) is 6.25. The Hall–Kier alpha value is -2.97. The van der Waals surface area contributed by atoms with Crippen LogP contribution >= 0.6 is 11.6 Å². The highest BCUT2D eigenvalue weighted by Gasteiger charge is 2.27. The van der Waals surface area contributed by atoms with Crippen molar-refractivity contribution in [1.82, 2.24) is 5.32 Å². The maximum atomic E-state index is 13.3. The van der Waals surface area contributed by atoms with Crippen LogP contribution in [-0.4, -0.2) is 20.9 Å². The van der Waals surface area contributed by atoms with Gasteiger partial charge in [-0.3, -0.25) is 9.10 Å². The lowest BCUT2D eigenvalue weighted by Crippen LogP contribution is -2.40. The Morgan fingerprint density at radius 3 is 1.97 bits per heavy atom. The summed E-state index contributed by atoms with van der Waals surface area (Å²) in [4.78, 5) is 12.3. The van der Waals surface area contributed by atoms with Crippen molar-refractivity contribution in [3.8, 4) is 0 Å². The molecule has 0 heterocycles. The van der Waals surface area contributed by atoms with E-state index in [2.05, 4.69) is 5.32 Å². The second kappa shape index (κ2) is 9.23. The number of hydrogen-bond donors (Lipinski definition) is 1. The summed E-state index contributed by atoms with van der Waals surface area (Å²) in [6, 6.07) is 15.7. The summed E-state index contributed by atoms with van der Waals surface area (Å²) in [6.45, 7) is -0.372. The van der Waals surface area contributed by atoms with E-state index < -0.39 is 34.1 Å². The normalized spacial score (nSPS) is 11.2. The molecule has 30 heavy (non-hydrogen) atoms. The van der Waals surface area contributed by atoms with Crippen LogP contribution in [0.2, 0.25) is 5.02 Å². The Morgan fingerprint density at radius 2 is 1.40 bits per heavy atom. The average Bonchev–Trinajstić information content (AvgIpc) is 2.72. The first-order chi connectivity index (χ1) is 14.3. The van der Waals surface area contributed by atoms with Gasteiger partial charge in [-0.25, -0.2) is 17.2 Å². The number of halogens is 3. The van der Waals surface area contributed by atoms with Gasteiger partial charge in [-0.15, -0.1) is 0 Å². The predicted octanol–water partition coefficient (Wildman–Crippen LogP) is 4.13. The van der Waals surface area contributed by atoms with Gasteiger partial charge in [0.25, 0.3) is 10.0 Å². The van der Waals surface area contributed by atoms with Gasteiger partial charge in [-0.05, 0) is 66.2 Å². The molecule has 0 unspecified atom stereocenters. The number of nitrogens with one attached hydrogen (secondary N) is 1. The lowest BCUT2D eigenvalue weighted by molar-refractivity contribution is -0.119. The van der Waals surface area contributed by atoms with Crippen LogP contribution < -0.4 is 9.62 Å². The number of amides is 1. The molecule has 5 nitrogen and oxygen atoms in total. The minimum Gasteiger partial charge on any atom is -0.350 e. The number of sulfonamides is 1. The van der Waals surface area contributed by atoms with E-state index in [9.17, 15) is 22.0 Å². The molecule has 0 saturated heterocycles. The molecular weight excluding hydrogens is 434 g/mol. The van der Waals surface area contributed by atoms with Crippen LogP contribution in [0.25, 0.3) is 0 Å². The van der Waals surface area contributed by atoms with E-state index in [0.29, 0.717) is 5.02 Å². The molecule has 3 rings (SSSR count). The van der Waals surface area contributed by atoms with E-state index in [1.54, 1.807) is 24.3 Å². The van der Waals surface area contributed by atoms with Crippen molar-refractivity contribution in [3.63, 3.8) is 0 Å². The van der Waals surface area contributed by atoms with Crippen molar-refractivity contribution >= 4 is 33.2 Å². The molecule has 9 heteroatoms. The Bertz CT molecular complexity index is 1120. The fraction of sp³-hybridized carbons (Fsp3) is 0.0952. The van der Waals surface area contributed by atoms with Gasteiger partial charge < -0.3 is 5.32 Å². The third kappa shape index (κ3) is 5.34. The van der Waals surface area contributed by atoms with Gasteiger partial charge >= 0.3 is 0 Å². The quantitative estimate of drug-likeness (QED) is 0.588. The van der Waals surface area contributed by atoms with Crippen molar-refractivity contribution in [1.29, 1.82) is 0 Å². The third-order valence-electron chi connectivity index (χ3n) is 4.21.